The molecule has 2 aliphatic rings. The number of carbonyl (C=O) groups is 6. The number of likely N-dealkylation sites (N-methyl/N-ethyl adjacent to an activating group) is 1. The van der Waals surface area contributed by atoms with Gasteiger partial charge in [0.05, 0.1) is 0 Å². The molecule has 16 heteroatoms. The van der Waals surface area contributed by atoms with Crippen molar-refractivity contribution >= 4 is 36.1 Å². The molecule has 2 saturated heterocycles. The third-order valence-electron chi connectivity index (χ3n) is 4.53. The van der Waals surface area contributed by atoms with Crippen LogP contribution in [0.3, 0.4) is 0 Å². The van der Waals surface area contributed by atoms with Crippen LogP contribution in [0.1, 0.15) is 62.3 Å². The van der Waals surface area contributed by atoms with Gasteiger partial charge in [-0.3, -0.25) is 9.59 Å². The van der Waals surface area contributed by atoms with E-state index in [2.05, 4.69) is 21.3 Å². The lowest BCUT2D eigenvalue weighted by Crippen LogP contribution is -2.62. The molecule has 0 aromatic carbocycles. The summed E-state index contributed by atoms with van der Waals surface area (Å²) in [7, 11) is 1.69. The van der Waals surface area contributed by atoms with Crippen molar-refractivity contribution in [3.63, 3.8) is 0 Å². The van der Waals surface area contributed by atoms with Crippen LogP contribution in [0, 0.1) is 0 Å². The molecule has 0 radical (unpaired) electrons. The first-order valence-corrected chi connectivity index (χ1v) is 12.9. The van der Waals surface area contributed by atoms with E-state index in [0.717, 1.165) is 0 Å². The highest BCUT2D eigenvalue weighted by atomic mass is 16.6. The molecule has 3 atom stereocenters. The number of nitrogens with two attached hydrogens (primary N) is 1. The lowest BCUT2D eigenvalue weighted by molar-refractivity contribution is -0.141. The number of β-lactam (4-membered cyclic amide) rings is 2. The van der Waals surface area contributed by atoms with Gasteiger partial charge >= 0.3 is 24.2 Å². The van der Waals surface area contributed by atoms with Crippen molar-refractivity contribution in [2.75, 3.05) is 26.7 Å². The minimum Gasteiger partial charge on any atom is -0.480 e. The van der Waals surface area contributed by atoms with Gasteiger partial charge in [0.15, 0.2) is 0 Å². The van der Waals surface area contributed by atoms with Gasteiger partial charge in [-0.05, 0) is 62.3 Å². The zero-order valence-corrected chi connectivity index (χ0v) is 25.5. The molecule has 0 aromatic rings. The van der Waals surface area contributed by atoms with Crippen LogP contribution in [0.4, 0.5) is 14.4 Å². The van der Waals surface area contributed by atoms with E-state index >= 15 is 0 Å². The summed E-state index contributed by atoms with van der Waals surface area (Å²) < 4.78 is 14.8. The van der Waals surface area contributed by atoms with Crippen molar-refractivity contribution in [1.29, 1.82) is 0 Å². The first-order chi connectivity index (χ1) is 18.4. The highest BCUT2D eigenvalue weighted by Crippen LogP contribution is 2.10. The number of nitrogens with zero attached hydrogens (tertiary/aromatic N) is 1. The van der Waals surface area contributed by atoms with E-state index in [1.807, 2.05) is 0 Å². The zero-order valence-electron chi connectivity index (χ0n) is 25.5. The van der Waals surface area contributed by atoms with E-state index in [-0.39, 0.29) is 18.4 Å². The number of likely N-dealkylation sites (tertiary alicyclic amines) is 1. The molecule has 0 bridgehead atoms. The number of alkyl carbamates (subject to hydrolysis) is 3. The molecule has 3 unspecified atom stereocenters. The highest BCUT2D eigenvalue weighted by molar-refractivity contribution is 5.91. The molecule has 16 nitrogen and oxygen atoms in total. The third-order valence-corrected chi connectivity index (χ3v) is 4.53. The van der Waals surface area contributed by atoms with Gasteiger partial charge in [0.25, 0.3) is 0 Å². The Balaban J connectivity index is 0.000000586. The Bertz CT molecular complexity index is 952. The number of hydrogen-bond donors (Lipinski definition) is 6. The predicted molar refractivity (Wildman–Crippen MR) is 147 cm³/mol. The van der Waals surface area contributed by atoms with Crippen molar-refractivity contribution < 1.29 is 48.1 Å². The first kappa shape index (κ1) is 37.2. The summed E-state index contributed by atoms with van der Waals surface area (Å²) in [5.74, 6) is -1.42. The summed E-state index contributed by atoms with van der Waals surface area (Å²) in [6, 6.07) is -1.94. The fraction of sp³-hybridized carbons (Fsp3) is 0.760. The lowest BCUT2D eigenvalue weighted by Gasteiger charge is -2.35. The Morgan fingerprint density at radius 1 is 0.878 bits per heavy atom. The van der Waals surface area contributed by atoms with Crippen molar-refractivity contribution in [1.82, 2.24) is 26.2 Å². The second-order valence-electron chi connectivity index (χ2n) is 12.1. The summed E-state index contributed by atoms with van der Waals surface area (Å²) in [5, 5.41) is 18.2. The van der Waals surface area contributed by atoms with E-state index < -0.39 is 59.2 Å². The third kappa shape index (κ3) is 16.8. The van der Waals surface area contributed by atoms with Gasteiger partial charge in [0.2, 0.25) is 11.8 Å². The van der Waals surface area contributed by atoms with Gasteiger partial charge in [-0.25, -0.2) is 19.2 Å². The maximum absolute atomic E-state index is 11.2. The zero-order chi connectivity index (χ0) is 32.3. The topological polar surface area (TPSA) is 228 Å². The number of aliphatic carboxylic acids is 1. The van der Waals surface area contributed by atoms with Crippen molar-refractivity contribution in [2.24, 2.45) is 5.73 Å². The molecule has 2 rings (SSSR count). The maximum Gasteiger partial charge on any atom is 0.408 e. The second-order valence-corrected chi connectivity index (χ2v) is 12.1. The van der Waals surface area contributed by atoms with Gasteiger partial charge in [-0.2, -0.15) is 0 Å². The van der Waals surface area contributed by atoms with Crippen molar-refractivity contribution in [3.05, 3.63) is 0 Å². The molecule has 41 heavy (non-hydrogen) atoms. The van der Waals surface area contributed by atoms with E-state index in [9.17, 15) is 28.8 Å². The fourth-order valence-corrected chi connectivity index (χ4v) is 2.68. The Morgan fingerprint density at radius 3 is 1.56 bits per heavy atom. The smallest absolute Gasteiger partial charge is 0.408 e. The molecule has 7 N–H and O–H groups in total. The summed E-state index contributed by atoms with van der Waals surface area (Å²) in [6.45, 7) is 16.6. The maximum atomic E-state index is 11.2. The average Bonchev–Trinajstić information content (AvgIpc) is 2.76. The number of carboxylic acid groups (broad SMARTS) is 1. The molecule has 0 saturated carbocycles. The number of ether oxygens (including phenoxy) is 3. The molecule has 2 fully saturated rings. The fourth-order valence-electron chi connectivity index (χ4n) is 2.68. The van der Waals surface area contributed by atoms with Crippen LogP contribution < -0.4 is 27.0 Å². The van der Waals surface area contributed by atoms with Gasteiger partial charge in [0, 0.05) is 26.7 Å². The molecular weight excluding hydrogens is 544 g/mol. The number of rotatable bonds is 5. The molecule has 0 spiro atoms. The van der Waals surface area contributed by atoms with E-state index in [1.54, 1.807) is 74.3 Å². The molecule has 0 aromatic heterocycles. The van der Waals surface area contributed by atoms with Crippen LogP contribution in [-0.2, 0) is 28.6 Å². The second kappa shape index (κ2) is 15.3. The molecule has 0 aliphatic carbocycles. The van der Waals surface area contributed by atoms with Crippen LogP contribution in [0.2, 0.25) is 0 Å². The minimum absolute atomic E-state index is 0.0733. The molecule has 236 valence electrons. The average molecular weight is 591 g/mol. The van der Waals surface area contributed by atoms with Crippen LogP contribution in [0.5, 0.6) is 0 Å². The number of nitrogens with one attached hydrogen (secondary N) is 4. The summed E-state index contributed by atoms with van der Waals surface area (Å²) in [4.78, 5) is 67.3. The van der Waals surface area contributed by atoms with Gasteiger partial charge in [0.1, 0.15) is 34.9 Å². The van der Waals surface area contributed by atoms with Crippen LogP contribution >= 0.6 is 0 Å². The number of carboxylic acids is 1. The van der Waals surface area contributed by atoms with Crippen molar-refractivity contribution in [3.8, 4) is 0 Å². The Labute approximate surface area is 240 Å². The van der Waals surface area contributed by atoms with Crippen LogP contribution in [0.15, 0.2) is 0 Å². The molecule has 2 aliphatic heterocycles. The quantitative estimate of drug-likeness (QED) is 0.188. The number of amides is 5. The van der Waals surface area contributed by atoms with E-state index in [4.69, 9.17) is 25.1 Å². The minimum atomic E-state index is -1.18. The summed E-state index contributed by atoms with van der Waals surface area (Å²) in [5.41, 5.74) is 3.44. The van der Waals surface area contributed by atoms with E-state index in [0.29, 0.717) is 13.1 Å². The first-order valence-electron chi connectivity index (χ1n) is 12.9. The Hall–Kier alpha value is -3.82. The highest BCUT2D eigenvalue weighted by Gasteiger charge is 2.36. The predicted octanol–water partition coefficient (Wildman–Crippen LogP) is 0.284. The summed E-state index contributed by atoms with van der Waals surface area (Å²) >= 11 is 0. The Kier molecular flexibility index (Phi) is 13.8. The SMILES string of the molecule is CC(C)(C)OC(=O)NC(CN)C(=O)O.CC(C)(C)OC(=O)NC1CNC1=O.CN1CC(NC(=O)OC(C)(C)C)C1=O. The van der Waals surface area contributed by atoms with E-state index in [1.165, 1.54) is 0 Å². The monoisotopic (exact) mass is 590 g/mol. The van der Waals surface area contributed by atoms with Gasteiger partial charge in [-0.15, -0.1) is 0 Å². The number of hydrogen-bond acceptors (Lipinski definition) is 10. The lowest BCUT2D eigenvalue weighted by atomic mass is 10.1. The van der Waals surface area contributed by atoms with Crippen LogP contribution in [-0.4, -0.2) is 108 Å². The van der Waals surface area contributed by atoms with Gasteiger partial charge in [-0.1, -0.05) is 0 Å². The molecule has 2 heterocycles. The summed E-state index contributed by atoms with van der Waals surface area (Å²) in [6.07, 6.45) is -1.87. The molecule has 5 amide bonds. The van der Waals surface area contributed by atoms with Gasteiger partial charge < -0.3 is 51.2 Å². The standard InChI is InChI=1S/C9H16N2O3.C8H16N2O4.C8H14N2O3/c1-9(2,3)14-8(13)10-6-5-11(4)7(6)12;1-8(2,3)14-7(13)10-5(4-9)6(11)12;1-8(2,3)13-7(12)10-5-4-9-6(5)11/h6H,5H2,1-4H3,(H,10,13);5H,4,9H2,1-3H3,(H,10,13)(H,11,12);5H,4H2,1-3H3,(H,9,11)(H,10,12). The normalized spacial score (nSPS) is 18.7. The Morgan fingerprint density at radius 2 is 1.29 bits per heavy atom. The number of carbonyl (C=O) groups excluding carboxylic acids is 5. The van der Waals surface area contributed by atoms with Crippen molar-refractivity contribution in [2.45, 2.75) is 97.2 Å². The molecular formula is C25H46N6O10. The van der Waals surface area contributed by atoms with Crippen LogP contribution in [0.25, 0.3) is 0 Å². The largest absolute Gasteiger partial charge is 0.480 e.